The molecule has 0 spiro atoms. The maximum atomic E-state index is 12.7. The summed E-state index contributed by atoms with van der Waals surface area (Å²) in [7, 11) is 0. The zero-order chi connectivity index (χ0) is 7.56. The van der Waals surface area contributed by atoms with E-state index in [0.29, 0.717) is 5.56 Å². The van der Waals surface area contributed by atoms with Gasteiger partial charge in [0.05, 0.1) is 6.20 Å². The molecule has 2 nitrogen and oxygen atoms in total. The number of rotatable bonds is 1. The number of nitrogens with zero attached hydrogens (tertiary/aromatic N) is 1. The van der Waals surface area contributed by atoms with E-state index in [4.69, 9.17) is 5.73 Å². The van der Waals surface area contributed by atoms with Crippen molar-refractivity contribution in [2.75, 3.05) is 0 Å². The van der Waals surface area contributed by atoms with Gasteiger partial charge in [-0.05, 0) is 13.0 Å². The SMILES string of the molecule is C[C@@H](N)c1ccncc1F. The van der Waals surface area contributed by atoms with Gasteiger partial charge in [-0.1, -0.05) is 0 Å². The topological polar surface area (TPSA) is 38.9 Å². The van der Waals surface area contributed by atoms with Gasteiger partial charge >= 0.3 is 0 Å². The van der Waals surface area contributed by atoms with Gasteiger partial charge in [0.25, 0.3) is 0 Å². The quantitative estimate of drug-likeness (QED) is 0.637. The van der Waals surface area contributed by atoms with Crippen LogP contribution in [-0.2, 0) is 0 Å². The molecule has 1 atom stereocenters. The highest BCUT2D eigenvalue weighted by Gasteiger charge is 2.03. The summed E-state index contributed by atoms with van der Waals surface area (Å²) in [5, 5.41) is 0. The lowest BCUT2D eigenvalue weighted by Gasteiger charge is -2.04. The molecule has 0 radical (unpaired) electrons. The first-order valence-electron chi connectivity index (χ1n) is 3.07. The first-order chi connectivity index (χ1) is 4.72. The smallest absolute Gasteiger partial charge is 0.146 e. The number of hydrogen-bond acceptors (Lipinski definition) is 2. The summed E-state index contributed by atoms with van der Waals surface area (Å²) < 4.78 is 12.7. The number of hydrogen-bond donors (Lipinski definition) is 1. The average Bonchev–Trinajstić information content (AvgIpc) is 1.88. The van der Waals surface area contributed by atoms with E-state index in [1.54, 1.807) is 13.0 Å². The number of nitrogens with two attached hydrogens (primary N) is 1. The van der Waals surface area contributed by atoms with Crippen molar-refractivity contribution >= 4 is 0 Å². The molecule has 1 rings (SSSR count). The van der Waals surface area contributed by atoms with Crippen molar-refractivity contribution in [3.05, 3.63) is 29.8 Å². The Kier molecular flexibility index (Phi) is 1.97. The van der Waals surface area contributed by atoms with Crippen molar-refractivity contribution < 1.29 is 4.39 Å². The van der Waals surface area contributed by atoms with E-state index in [-0.39, 0.29) is 11.9 Å². The highest BCUT2D eigenvalue weighted by molar-refractivity contribution is 5.15. The summed E-state index contributed by atoms with van der Waals surface area (Å²) in [5.74, 6) is -0.336. The van der Waals surface area contributed by atoms with Crippen molar-refractivity contribution in [3.63, 3.8) is 0 Å². The first kappa shape index (κ1) is 7.15. The molecular formula is C7H9FN2. The Morgan fingerprint density at radius 3 is 2.80 bits per heavy atom. The van der Waals surface area contributed by atoms with Crippen LogP contribution in [0.25, 0.3) is 0 Å². The zero-order valence-electron chi connectivity index (χ0n) is 5.71. The van der Waals surface area contributed by atoms with Crippen LogP contribution in [0.3, 0.4) is 0 Å². The second-order valence-electron chi connectivity index (χ2n) is 2.19. The third-order valence-electron chi connectivity index (χ3n) is 1.29. The van der Waals surface area contributed by atoms with Gasteiger partial charge in [-0.3, -0.25) is 4.98 Å². The molecule has 1 aromatic heterocycles. The molecule has 2 N–H and O–H groups in total. The van der Waals surface area contributed by atoms with Crippen molar-refractivity contribution in [1.82, 2.24) is 4.98 Å². The van der Waals surface area contributed by atoms with Crippen LogP contribution in [0.5, 0.6) is 0 Å². The Morgan fingerprint density at radius 1 is 1.70 bits per heavy atom. The second-order valence-corrected chi connectivity index (χ2v) is 2.19. The van der Waals surface area contributed by atoms with Crippen LogP contribution in [0.1, 0.15) is 18.5 Å². The van der Waals surface area contributed by atoms with Gasteiger partial charge in [-0.15, -0.1) is 0 Å². The highest BCUT2D eigenvalue weighted by atomic mass is 19.1. The normalized spacial score (nSPS) is 13.1. The molecule has 1 aromatic rings. The fraction of sp³-hybridized carbons (Fsp3) is 0.286. The molecule has 0 amide bonds. The predicted molar refractivity (Wildman–Crippen MR) is 36.8 cm³/mol. The van der Waals surface area contributed by atoms with Crippen molar-refractivity contribution in [2.24, 2.45) is 5.73 Å². The number of pyridine rings is 1. The Balaban J connectivity index is 3.03. The van der Waals surface area contributed by atoms with Crippen LogP contribution in [0.4, 0.5) is 4.39 Å². The molecule has 3 heteroatoms. The molecular weight excluding hydrogens is 131 g/mol. The second kappa shape index (κ2) is 2.75. The van der Waals surface area contributed by atoms with Crippen LogP contribution in [0, 0.1) is 5.82 Å². The van der Waals surface area contributed by atoms with Gasteiger partial charge in [-0.2, -0.15) is 0 Å². The predicted octanol–water partition coefficient (Wildman–Crippen LogP) is 1.24. The van der Waals surface area contributed by atoms with Crippen LogP contribution in [-0.4, -0.2) is 4.98 Å². The fourth-order valence-corrected chi connectivity index (χ4v) is 0.755. The van der Waals surface area contributed by atoms with E-state index in [9.17, 15) is 4.39 Å². The Morgan fingerprint density at radius 2 is 2.40 bits per heavy atom. The standard InChI is InChI=1S/C7H9FN2/c1-5(9)6-2-3-10-4-7(6)8/h2-5H,9H2,1H3/t5-/m1/s1. The van der Waals surface area contributed by atoms with Gasteiger partial charge in [0.15, 0.2) is 0 Å². The van der Waals surface area contributed by atoms with E-state index in [0.717, 1.165) is 0 Å². The first-order valence-corrected chi connectivity index (χ1v) is 3.07. The summed E-state index contributed by atoms with van der Waals surface area (Å²) in [4.78, 5) is 3.60. The maximum absolute atomic E-state index is 12.7. The third-order valence-corrected chi connectivity index (χ3v) is 1.29. The average molecular weight is 140 g/mol. The minimum atomic E-state index is -0.336. The molecule has 10 heavy (non-hydrogen) atoms. The largest absolute Gasteiger partial charge is 0.324 e. The van der Waals surface area contributed by atoms with Gasteiger partial charge in [0, 0.05) is 17.8 Å². The van der Waals surface area contributed by atoms with Crippen molar-refractivity contribution in [3.8, 4) is 0 Å². The lowest BCUT2D eigenvalue weighted by Crippen LogP contribution is -2.07. The van der Waals surface area contributed by atoms with E-state index in [1.807, 2.05) is 0 Å². The minimum absolute atomic E-state index is 0.261. The van der Waals surface area contributed by atoms with Crippen molar-refractivity contribution in [1.29, 1.82) is 0 Å². The van der Waals surface area contributed by atoms with Gasteiger partial charge < -0.3 is 5.73 Å². The molecule has 0 aliphatic carbocycles. The highest BCUT2D eigenvalue weighted by Crippen LogP contribution is 2.11. The van der Waals surface area contributed by atoms with Crippen LogP contribution >= 0.6 is 0 Å². The zero-order valence-corrected chi connectivity index (χ0v) is 5.71. The molecule has 0 bridgehead atoms. The lowest BCUT2D eigenvalue weighted by atomic mass is 10.1. The van der Waals surface area contributed by atoms with E-state index >= 15 is 0 Å². The van der Waals surface area contributed by atoms with Crippen LogP contribution < -0.4 is 5.73 Å². The third kappa shape index (κ3) is 1.30. The Bertz CT molecular complexity index is 223. The summed E-state index contributed by atoms with van der Waals surface area (Å²) >= 11 is 0. The van der Waals surface area contributed by atoms with Crippen molar-refractivity contribution in [2.45, 2.75) is 13.0 Å². The molecule has 0 saturated carbocycles. The molecule has 0 unspecified atom stereocenters. The van der Waals surface area contributed by atoms with Crippen LogP contribution in [0.15, 0.2) is 18.5 Å². The number of aromatic nitrogens is 1. The van der Waals surface area contributed by atoms with E-state index < -0.39 is 0 Å². The molecule has 0 saturated heterocycles. The monoisotopic (exact) mass is 140 g/mol. The Hall–Kier alpha value is -0.960. The molecule has 0 aromatic carbocycles. The molecule has 0 aliphatic rings. The van der Waals surface area contributed by atoms with Gasteiger partial charge in [0.1, 0.15) is 5.82 Å². The van der Waals surface area contributed by atoms with Crippen LogP contribution in [0.2, 0.25) is 0 Å². The summed E-state index contributed by atoms with van der Waals surface area (Å²) in [6.07, 6.45) is 2.69. The minimum Gasteiger partial charge on any atom is -0.324 e. The maximum Gasteiger partial charge on any atom is 0.146 e. The Labute approximate surface area is 58.9 Å². The molecule has 54 valence electrons. The van der Waals surface area contributed by atoms with Gasteiger partial charge in [0.2, 0.25) is 0 Å². The lowest BCUT2D eigenvalue weighted by molar-refractivity contribution is 0.587. The summed E-state index contributed by atoms with van der Waals surface area (Å²) in [6.45, 7) is 1.73. The molecule has 0 fully saturated rings. The number of halogens is 1. The fourth-order valence-electron chi connectivity index (χ4n) is 0.755. The summed E-state index contributed by atoms with van der Waals surface area (Å²) in [5.41, 5.74) is 5.96. The van der Waals surface area contributed by atoms with E-state index in [1.165, 1.54) is 12.4 Å². The van der Waals surface area contributed by atoms with E-state index in [2.05, 4.69) is 4.98 Å². The molecule has 1 heterocycles. The summed E-state index contributed by atoms with van der Waals surface area (Å²) in [6, 6.07) is 1.32. The molecule has 0 aliphatic heterocycles. The van der Waals surface area contributed by atoms with Gasteiger partial charge in [-0.25, -0.2) is 4.39 Å².